The third-order valence-electron chi connectivity index (χ3n) is 4.01. The molecule has 0 aromatic heterocycles. The van der Waals surface area contributed by atoms with Crippen molar-refractivity contribution in [2.24, 2.45) is 11.7 Å². The zero-order valence-corrected chi connectivity index (χ0v) is 12.0. The van der Waals surface area contributed by atoms with Crippen LogP contribution in [0.15, 0.2) is 24.3 Å². The zero-order chi connectivity index (χ0) is 14.6. The fraction of sp³-hybridized carbons (Fsp3) is 0.529. The second kappa shape index (κ2) is 6.41. The van der Waals surface area contributed by atoms with Gasteiger partial charge in [0.15, 0.2) is 0 Å². The van der Waals surface area contributed by atoms with Crippen LogP contribution >= 0.6 is 0 Å². The van der Waals surface area contributed by atoms with Crippen LogP contribution < -0.4 is 5.73 Å². The minimum absolute atomic E-state index is 0.0113. The van der Waals surface area contributed by atoms with Crippen molar-refractivity contribution < 1.29 is 10.2 Å². The van der Waals surface area contributed by atoms with E-state index >= 15 is 0 Å². The van der Waals surface area contributed by atoms with Gasteiger partial charge in [0.05, 0.1) is 6.10 Å². The van der Waals surface area contributed by atoms with Crippen LogP contribution in [-0.2, 0) is 0 Å². The molecule has 2 atom stereocenters. The van der Waals surface area contributed by atoms with Gasteiger partial charge in [-0.05, 0) is 55.8 Å². The quantitative estimate of drug-likeness (QED) is 0.738. The smallest absolute Gasteiger partial charge is 0.125 e. The predicted octanol–water partition coefficient (Wildman–Crippen LogP) is 1.97. The van der Waals surface area contributed by atoms with Gasteiger partial charge in [-0.15, -0.1) is 0 Å². The summed E-state index contributed by atoms with van der Waals surface area (Å²) in [5.74, 6) is 6.03. The van der Waals surface area contributed by atoms with Crippen molar-refractivity contribution in [1.29, 1.82) is 0 Å². The van der Waals surface area contributed by atoms with Crippen molar-refractivity contribution in [2.75, 3.05) is 6.54 Å². The molecule has 2 unspecified atom stereocenters. The Hall–Kier alpha value is -1.34. The zero-order valence-electron chi connectivity index (χ0n) is 12.0. The highest BCUT2D eigenvalue weighted by Gasteiger charge is 2.28. The van der Waals surface area contributed by atoms with E-state index in [2.05, 4.69) is 11.8 Å². The first kappa shape index (κ1) is 15.1. The highest BCUT2D eigenvalue weighted by atomic mass is 16.3. The van der Waals surface area contributed by atoms with Crippen molar-refractivity contribution in [2.45, 2.75) is 44.3 Å². The van der Waals surface area contributed by atoms with E-state index in [1.807, 2.05) is 31.2 Å². The molecule has 0 saturated heterocycles. The van der Waals surface area contributed by atoms with Gasteiger partial charge in [-0.3, -0.25) is 0 Å². The van der Waals surface area contributed by atoms with Gasteiger partial charge in [0, 0.05) is 5.56 Å². The number of hydrogen-bond acceptors (Lipinski definition) is 3. The molecule has 3 nitrogen and oxygen atoms in total. The average Bonchev–Trinajstić information content (AvgIpc) is 2.91. The lowest BCUT2D eigenvalue weighted by atomic mass is 9.96. The Kier molecular flexibility index (Phi) is 4.82. The number of rotatable bonds is 3. The Balaban J connectivity index is 2.16. The van der Waals surface area contributed by atoms with E-state index in [1.54, 1.807) is 0 Å². The summed E-state index contributed by atoms with van der Waals surface area (Å²) in [4.78, 5) is 0. The Morgan fingerprint density at radius 1 is 1.35 bits per heavy atom. The SMILES string of the molecule is CC(CN)C(O)c1cccc(C#CC2(O)CCCC2)c1. The lowest BCUT2D eigenvalue weighted by molar-refractivity contribution is 0.110. The molecule has 0 radical (unpaired) electrons. The number of hydrogen-bond donors (Lipinski definition) is 3. The van der Waals surface area contributed by atoms with Gasteiger partial charge in [-0.1, -0.05) is 30.9 Å². The molecule has 0 aliphatic heterocycles. The molecule has 1 aromatic carbocycles. The molecule has 20 heavy (non-hydrogen) atoms. The highest BCUT2D eigenvalue weighted by Crippen LogP contribution is 2.28. The van der Waals surface area contributed by atoms with Crippen LogP contribution in [-0.4, -0.2) is 22.4 Å². The van der Waals surface area contributed by atoms with E-state index in [9.17, 15) is 10.2 Å². The summed E-state index contributed by atoms with van der Waals surface area (Å²) in [6.07, 6.45) is 3.02. The second-order valence-electron chi connectivity index (χ2n) is 5.77. The van der Waals surface area contributed by atoms with E-state index in [0.29, 0.717) is 6.54 Å². The third-order valence-corrected chi connectivity index (χ3v) is 4.01. The molecule has 1 aliphatic rings. The minimum atomic E-state index is -0.820. The van der Waals surface area contributed by atoms with Gasteiger partial charge in [0.1, 0.15) is 5.60 Å². The topological polar surface area (TPSA) is 66.5 Å². The van der Waals surface area contributed by atoms with Gasteiger partial charge in [0.2, 0.25) is 0 Å². The first-order valence-electron chi connectivity index (χ1n) is 7.28. The summed E-state index contributed by atoms with van der Waals surface area (Å²) in [5.41, 5.74) is 6.42. The molecule has 1 saturated carbocycles. The van der Waals surface area contributed by atoms with Gasteiger partial charge in [-0.2, -0.15) is 0 Å². The second-order valence-corrected chi connectivity index (χ2v) is 5.77. The molecule has 1 fully saturated rings. The molecule has 1 aromatic rings. The van der Waals surface area contributed by atoms with Gasteiger partial charge in [0.25, 0.3) is 0 Å². The van der Waals surface area contributed by atoms with Crippen LogP contribution in [0, 0.1) is 17.8 Å². The molecule has 0 bridgehead atoms. The van der Waals surface area contributed by atoms with Crippen LogP contribution in [0.1, 0.15) is 49.8 Å². The van der Waals surface area contributed by atoms with E-state index in [1.165, 1.54) is 0 Å². The molecular weight excluding hydrogens is 250 g/mol. The summed E-state index contributed by atoms with van der Waals surface area (Å²) >= 11 is 0. The van der Waals surface area contributed by atoms with Crippen molar-refractivity contribution in [3.8, 4) is 11.8 Å². The fourth-order valence-electron chi connectivity index (χ4n) is 2.53. The number of benzene rings is 1. The fourth-order valence-corrected chi connectivity index (χ4v) is 2.53. The first-order chi connectivity index (χ1) is 9.54. The van der Waals surface area contributed by atoms with Gasteiger partial charge >= 0.3 is 0 Å². The lowest BCUT2D eigenvalue weighted by Gasteiger charge is -2.17. The standard InChI is InChI=1S/C17H23NO2/c1-13(12-18)16(19)15-6-4-5-14(11-15)7-10-17(20)8-2-3-9-17/h4-6,11,13,16,19-20H,2-3,8-9,12,18H2,1H3. The molecule has 0 spiro atoms. The van der Waals surface area contributed by atoms with Crippen molar-refractivity contribution in [3.63, 3.8) is 0 Å². The number of aliphatic hydroxyl groups excluding tert-OH is 1. The Labute approximate surface area is 120 Å². The lowest BCUT2D eigenvalue weighted by Crippen LogP contribution is -2.20. The Morgan fingerprint density at radius 3 is 2.70 bits per heavy atom. The first-order valence-corrected chi connectivity index (χ1v) is 7.28. The molecule has 1 aliphatic carbocycles. The molecule has 0 amide bonds. The summed E-state index contributed by atoms with van der Waals surface area (Å²) in [5, 5.41) is 20.4. The highest BCUT2D eigenvalue weighted by molar-refractivity contribution is 5.39. The largest absolute Gasteiger partial charge is 0.388 e. The summed E-state index contributed by atoms with van der Waals surface area (Å²) in [6.45, 7) is 2.36. The summed E-state index contributed by atoms with van der Waals surface area (Å²) < 4.78 is 0. The average molecular weight is 273 g/mol. The molecule has 2 rings (SSSR count). The molecule has 108 valence electrons. The van der Waals surface area contributed by atoms with E-state index in [4.69, 9.17) is 5.73 Å². The van der Waals surface area contributed by atoms with Crippen LogP contribution in [0.25, 0.3) is 0 Å². The number of nitrogens with two attached hydrogens (primary N) is 1. The van der Waals surface area contributed by atoms with Crippen molar-refractivity contribution >= 4 is 0 Å². The van der Waals surface area contributed by atoms with Gasteiger partial charge < -0.3 is 15.9 Å². The summed E-state index contributed by atoms with van der Waals surface area (Å²) in [6, 6.07) is 7.54. The maximum absolute atomic E-state index is 10.2. The van der Waals surface area contributed by atoms with Gasteiger partial charge in [-0.25, -0.2) is 0 Å². The number of aliphatic hydroxyl groups is 2. The minimum Gasteiger partial charge on any atom is -0.388 e. The Bertz CT molecular complexity index is 509. The van der Waals surface area contributed by atoms with E-state index < -0.39 is 11.7 Å². The summed E-state index contributed by atoms with van der Waals surface area (Å²) in [7, 11) is 0. The van der Waals surface area contributed by atoms with Crippen molar-refractivity contribution in [1.82, 2.24) is 0 Å². The molecule has 4 N–H and O–H groups in total. The van der Waals surface area contributed by atoms with Crippen molar-refractivity contribution in [3.05, 3.63) is 35.4 Å². The van der Waals surface area contributed by atoms with Crippen LogP contribution in [0.4, 0.5) is 0 Å². The van der Waals surface area contributed by atoms with Crippen LogP contribution in [0.2, 0.25) is 0 Å². The van der Waals surface area contributed by atoms with E-state index in [-0.39, 0.29) is 5.92 Å². The Morgan fingerprint density at radius 2 is 2.05 bits per heavy atom. The maximum atomic E-state index is 10.2. The van der Waals surface area contributed by atoms with E-state index in [0.717, 1.165) is 36.8 Å². The molecular formula is C17H23NO2. The molecule has 3 heteroatoms. The third kappa shape index (κ3) is 3.61. The monoisotopic (exact) mass is 273 g/mol. The maximum Gasteiger partial charge on any atom is 0.125 e. The predicted molar refractivity (Wildman–Crippen MR) is 79.9 cm³/mol. The van der Waals surface area contributed by atoms with Crippen LogP contribution in [0.3, 0.4) is 0 Å². The van der Waals surface area contributed by atoms with Crippen LogP contribution in [0.5, 0.6) is 0 Å². The molecule has 0 heterocycles. The normalized spacial score (nSPS) is 20.0.